The van der Waals surface area contributed by atoms with E-state index in [1.165, 1.54) is 6.07 Å². The molecule has 1 rings (SSSR count). The van der Waals surface area contributed by atoms with Gasteiger partial charge in [0.1, 0.15) is 0 Å². The van der Waals surface area contributed by atoms with Crippen LogP contribution < -0.4 is 5.32 Å². The first-order valence-corrected chi connectivity index (χ1v) is 4.75. The molecule has 1 N–H and O–H groups in total. The second-order valence-corrected chi connectivity index (χ2v) is 3.23. The van der Waals surface area contributed by atoms with Crippen molar-refractivity contribution in [3.8, 4) is 12.3 Å². The van der Waals surface area contributed by atoms with Crippen LogP contribution >= 0.6 is 0 Å². The lowest BCUT2D eigenvalue weighted by molar-refractivity contribution is 0.466. The van der Waals surface area contributed by atoms with Crippen LogP contribution in [0.5, 0.6) is 0 Å². The molecule has 15 heavy (non-hydrogen) atoms. The summed E-state index contributed by atoms with van der Waals surface area (Å²) in [4.78, 5) is 0. The zero-order chi connectivity index (χ0) is 11.3. The minimum absolute atomic E-state index is 0.239. The van der Waals surface area contributed by atoms with Gasteiger partial charge in [0.25, 0.3) is 0 Å². The molecule has 1 aromatic carbocycles. The Hall–Kier alpha value is -1.40. The maximum atomic E-state index is 13.4. The second-order valence-electron chi connectivity index (χ2n) is 3.23. The number of terminal acetylenes is 1. The summed E-state index contributed by atoms with van der Waals surface area (Å²) in [6.07, 6.45) is 6.25. The predicted octanol–water partition coefficient (Wildman–Crippen LogP) is 2.64. The Bertz CT molecular complexity index is 368. The molecule has 0 fully saturated rings. The molecule has 0 aliphatic carbocycles. The largest absolute Gasteiger partial charge is 0.313 e. The third-order valence-corrected chi connectivity index (χ3v) is 2.28. The highest BCUT2D eigenvalue weighted by Crippen LogP contribution is 2.22. The Morgan fingerprint density at radius 3 is 2.80 bits per heavy atom. The number of nitrogens with one attached hydrogen (secondary N) is 1. The summed E-state index contributed by atoms with van der Waals surface area (Å²) < 4.78 is 26.4. The third-order valence-electron chi connectivity index (χ3n) is 2.28. The molecule has 1 atom stereocenters. The fraction of sp³-hybridized carbons (Fsp3) is 0.333. The zero-order valence-corrected chi connectivity index (χ0v) is 8.56. The highest BCUT2D eigenvalue weighted by atomic mass is 19.2. The van der Waals surface area contributed by atoms with Crippen LogP contribution in [0.1, 0.15) is 24.4 Å². The lowest BCUT2D eigenvalue weighted by atomic mass is 10.0. The fourth-order valence-corrected chi connectivity index (χ4v) is 1.47. The summed E-state index contributed by atoms with van der Waals surface area (Å²) in [5.74, 6) is 0.857. The zero-order valence-electron chi connectivity index (χ0n) is 8.56. The summed E-state index contributed by atoms with van der Waals surface area (Å²) in [6.45, 7) is 0. The second kappa shape index (κ2) is 5.47. The molecule has 3 heteroatoms. The van der Waals surface area contributed by atoms with Crippen LogP contribution in [0.4, 0.5) is 8.78 Å². The van der Waals surface area contributed by atoms with E-state index in [1.807, 2.05) is 0 Å². The van der Waals surface area contributed by atoms with Crippen LogP contribution in [-0.2, 0) is 0 Å². The Labute approximate surface area is 88.5 Å². The Morgan fingerprint density at radius 1 is 1.47 bits per heavy atom. The molecule has 0 spiro atoms. The van der Waals surface area contributed by atoms with E-state index in [-0.39, 0.29) is 6.04 Å². The van der Waals surface area contributed by atoms with Gasteiger partial charge >= 0.3 is 0 Å². The van der Waals surface area contributed by atoms with Gasteiger partial charge in [0, 0.05) is 18.0 Å². The van der Waals surface area contributed by atoms with Gasteiger partial charge in [-0.15, -0.1) is 12.3 Å². The highest BCUT2D eigenvalue weighted by molar-refractivity contribution is 5.22. The van der Waals surface area contributed by atoms with Crippen molar-refractivity contribution in [1.82, 2.24) is 5.32 Å². The van der Waals surface area contributed by atoms with Gasteiger partial charge in [-0.25, -0.2) is 8.78 Å². The molecule has 0 aliphatic rings. The van der Waals surface area contributed by atoms with Crippen molar-refractivity contribution in [2.45, 2.75) is 18.9 Å². The Kier molecular flexibility index (Phi) is 4.26. The number of benzene rings is 1. The molecule has 0 bridgehead atoms. The Balaban J connectivity index is 2.92. The van der Waals surface area contributed by atoms with E-state index in [1.54, 1.807) is 13.1 Å². The van der Waals surface area contributed by atoms with E-state index in [4.69, 9.17) is 6.42 Å². The quantitative estimate of drug-likeness (QED) is 0.752. The third kappa shape index (κ3) is 2.77. The number of halogens is 2. The molecule has 80 valence electrons. The fourth-order valence-electron chi connectivity index (χ4n) is 1.47. The first kappa shape index (κ1) is 11.7. The van der Waals surface area contributed by atoms with Crippen LogP contribution in [0.25, 0.3) is 0 Å². The lowest BCUT2D eigenvalue weighted by Gasteiger charge is -2.16. The smallest absolute Gasteiger partial charge is 0.163 e. The summed E-state index contributed by atoms with van der Waals surface area (Å²) in [5, 5.41) is 2.92. The van der Waals surface area contributed by atoms with Crippen molar-refractivity contribution < 1.29 is 8.78 Å². The SMILES string of the molecule is C#CCCC(NC)c1cccc(F)c1F. The summed E-state index contributed by atoms with van der Waals surface area (Å²) in [6, 6.07) is 3.92. The minimum atomic E-state index is -0.826. The normalized spacial score (nSPS) is 12.1. The molecular formula is C12H13F2N. The van der Waals surface area contributed by atoms with E-state index < -0.39 is 11.6 Å². The van der Waals surface area contributed by atoms with Crippen molar-refractivity contribution in [2.75, 3.05) is 7.05 Å². The van der Waals surface area contributed by atoms with Crippen LogP contribution in [0.3, 0.4) is 0 Å². The predicted molar refractivity (Wildman–Crippen MR) is 56.2 cm³/mol. The maximum Gasteiger partial charge on any atom is 0.163 e. The average molecular weight is 209 g/mol. The van der Waals surface area contributed by atoms with Gasteiger partial charge in [0.15, 0.2) is 11.6 Å². The summed E-state index contributed by atoms with van der Waals surface area (Å²) >= 11 is 0. The summed E-state index contributed by atoms with van der Waals surface area (Å²) in [5.41, 5.74) is 0.327. The van der Waals surface area contributed by atoms with Crippen LogP contribution in [0.2, 0.25) is 0 Å². The lowest BCUT2D eigenvalue weighted by Crippen LogP contribution is -2.18. The van der Waals surface area contributed by atoms with Gasteiger partial charge in [0.05, 0.1) is 0 Å². The average Bonchev–Trinajstić information content (AvgIpc) is 2.25. The number of rotatable bonds is 4. The van der Waals surface area contributed by atoms with Crippen LogP contribution in [-0.4, -0.2) is 7.05 Å². The molecule has 0 amide bonds. The topological polar surface area (TPSA) is 12.0 Å². The van der Waals surface area contributed by atoms with E-state index in [9.17, 15) is 8.78 Å². The minimum Gasteiger partial charge on any atom is -0.313 e. The van der Waals surface area contributed by atoms with Crippen molar-refractivity contribution in [3.05, 3.63) is 35.4 Å². The van der Waals surface area contributed by atoms with Gasteiger partial charge in [-0.05, 0) is 19.5 Å². The molecule has 0 radical (unpaired) electrons. The molecule has 0 saturated heterocycles. The maximum absolute atomic E-state index is 13.4. The van der Waals surface area contributed by atoms with Crippen molar-refractivity contribution in [1.29, 1.82) is 0 Å². The molecule has 0 saturated carbocycles. The van der Waals surface area contributed by atoms with Crippen LogP contribution in [0.15, 0.2) is 18.2 Å². The van der Waals surface area contributed by atoms with Crippen molar-refractivity contribution >= 4 is 0 Å². The van der Waals surface area contributed by atoms with Crippen LogP contribution in [0, 0.1) is 24.0 Å². The van der Waals surface area contributed by atoms with Gasteiger partial charge < -0.3 is 5.32 Å². The standard InChI is InChI=1S/C12H13F2N/c1-3-4-8-11(15-2)9-6-5-7-10(13)12(9)14/h1,5-7,11,15H,4,8H2,2H3. The van der Waals surface area contributed by atoms with Gasteiger partial charge in [-0.2, -0.15) is 0 Å². The van der Waals surface area contributed by atoms with Gasteiger partial charge in [-0.1, -0.05) is 12.1 Å². The first-order valence-electron chi connectivity index (χ1n) is 4.75. The van der Waals surface area contributed by atoms with Gasteiger partial charge in [-0.3, -0.25) is 0 Å². The highest BCUT2D eigenvalue weighted by Gasteiger charge is 2.15. The molecular weight excluding hydrogens is 196 g/mol. The van der Waals surface area contributed by atoms with E-state index in [2.05, 4.69) is 11.2 Å². The molecule has 0 aliphatic heterocycles. The molecule has 1 nitrogen and oxygen atoms in total. The van der Waals surface area contributed by atoms with E-state index >= 15 is 0 Å². The van der Waals surface area contributed by atoms with Gasteiger partial charge in [0.2, 0.25) is 0 Å². The Morgan fingerprint density at radius 2 is 2.20 bits per heavy atom. The van der Waals surface area contributed by atoms with E-state index in [0.29, 0.717) is 18.4 Å². The van der Waals surface area contributed by atoms with Crippen molar-refractivity contribution in [2.24, 2.45) is 0 Å². The monoisotopic (exact) mass is 209 g/mol. The molecule has 1 aromatic rings. The molecule has 1 unspecified atom stereocenters. The first-order chi connectivity index (χ1) is 7.20. The molecule has 0 heterocycles. The van der Waals surface area contributed by atoms with E-state index in [0.717, 1.165) is 6.07 Å². The van der Waals surface area contributed by atoms with Crippen molar-refractivity contribution in [3.63, 3.8) is 0 Å². The molecule has 0 aromatic heterocycles. The number of hydrogen-bond acceptors (Lipinski definition) is 1. The summed E-state index contributed by atoms with van der Waals surface area (Å²) in [7, 11) is 1.70. The number of hydrogen-bond donors (Lipinski definition) is 1.